The zero-order valence-corrected chi connectivity index (χ0v) is 13.9. The Labute approximate surface area is 142 Å². The van der Waals surface area contributed by atoms with Crippen LogP contribution in [0.15, 0.2) is 48.8 Å². The summed E-state index contributed by atoms with van der Waals surface area (Å²) >= 11 is 0. The third kappa shape index (κ3) is 4.29. The number of rotatable bonds is 2. The van der Waals surface area contributed by atoms with E-state index in [-0.39, 0.29) is 5.82 Å². The van der Waals surface area contributed by atoms with Crippen LogP contribution in [-0.4, -0.2) is 9.97 Å². The summed E-state index contributed by atoms with van der Waals surface area (Å²) in [5, 5.41) is 0. The van der Waals surface area contributed by atoms with Crippen molar-refractivity contribution in [2.75, 3.05) is 0 Å². The largest absolute Gasteiger partial charge is 0.235 e. The summed E-state index contributed by atoms with van der Waals surface area (Å²) in [7, 11) is 0. The highest BCUT2D eigenvalue weighted by Crippen LogP contribution is 2.29. The van der Waals surface area contributed by atoms with Gasteiger partial charge in [-0.15, -0.1) is 0 Å². The van der Waals surface area contributed by atoms with E-state index in [0.717, 1.165) is 29.9 Å². The van der Waals surface area contributed by atoms with Crippen LogP contribution in [0.4, 0.5) is 4.39 Å². The standard InChI is InChI=1S/C21H21FN2/c1-2-3-16-4-6-17(7-5-16)8-9-18-14-23-21(24-15-18)19-10-12-20(22)13-11-19/h2-3,10-17H,4-7H2,1H3/b3-2+. The first-order valence-electron chi connectivity index (χ1n) is 8.47. The van der Waals surface area contributed by atoms with Crippen LogP contribution in [-0.2, 0) is 0 Å². The molecule has 1 saturated carbocycles. The first kappa shape index (κ1) is 16.4. The van der Waals surface area contributed by atoms with E-state index < -0.39 is 0 Å². The van der Waals surface area contributed by atoms with E-state index >= 15 is 0 Å². The van der Waals surface area contributed by atoms with Gasteiger partial charge in [-0.2, -0.15) is 0 Å². The van der Waals surface area contributed by atoms with Gasteiger partial charge in [0.25, 0.3) is 0 Å². The molecule has 1 heterocycles. The predicted octanol–water partition coefficient (Wildman–Crippen LogP) is 5.02. The van der Waals surface area contributed by atoms with Crippen LogP contribution in [0.5, 0.6) is 0 Å². The molecule has 0 atom stereocenters. The molecule has 0 radical (unpaired) electrons. The van der Waals surface area contributed by atoms with Crippen LogP contribution < -0.4 is 0 Å². The minimum Gasteiger partial charge on any atom is -0.235 e. The second-order valence-corrected chi connectivity index (χ2v) is 6.21. The van der Waals surface area contributed by atoms with Crippen molar-refractivity contribution in [3.8, 4) is 23.2 Å². The number of halogens is 1. The average molecular weight is 320 g/mol. The zero-order chi connectivity index (χ0) is 16.8. The molecule has 0 saturated heterocycles. The highest BCUT2D eigenvalue weighted by molar-refractivity contribution is 5.54. The Kier molecular flexibility index (Phi) is 5.38. The van der Waals surface area contributed by atoms with E-state index in [1.165, 1.54) is 25.0 Å². The Balaban J connectivity index is 1.62. The maximum absolute atomic E-state index is 12.9. The first-order chi connectivity index (χ1) is 11.7. The van der Waals surface area contributed by atoms with E-state index in [9.17, 15) is 4.39 Å². The molecule has 0 spiro atoms. The molecular formula is C21H21FN2. The third-order valence-electron chi connectivity index (χ3n) is 4.41. The van der Waals surface area contributed by atoms with Crippen LogP contribution in [0, 0.1) is 29.5 Å². The zero-order valence-electron chi connectivity index (χ0n) is 13.9. The third-order valence-corrected chi connectivity index (χ3v) is 4.41. The average Bonchev–Trinajstić information content (AvgIpc) is 2.63. The lowest BCUT2D eigenvalue weighted by Gasteiger charge is -2.22. The summed E-state index contributed by atoms with van der Waals surface area (Å²) in [6.07, 6.45) is 12.7. The van der Waals surface area contributed by atoms with E-state index in [1.807, 2.05) is 0 Å². The molecule has 3 rings (SSSR count). The summed E-state index contributed by atoms with van der Waals surface area (Å²) < 4.78 is 12.9. The quantitative estimate of drug-likeness (QED) is 0.574. The first-order valence-corrected chi connectivity index (χ1v) is 8.47. The molecule has 0 N–H and O–H groups in total. The molecule has 1 aromatic heterocycles. The summed E-state index contributed by atoms with van der Waals surface area (Å²) in [5.74, 6) is 8.09. The SMILES string of the molecule is C/C=C/C1CCC(C#Cc2cnc(-c3ccc(F)cc3)nc2)CC1. The Morgan fingerprint density at radius 3 is 2.33 bits per heavy atom. The van der Waals surface area contributed by atoms with Crippen molar-refractivity contribution in [3.63, 3.8) is 0 Å². The number of aromatic nitrogens is 2. The van der Waals surface area contributed by atoms with Crippen molar-refractivity contribution >= 4 is 0 Å². The van der Waals surface area contributed by atoms with Gasteiger partial charge in [-0.1, -0.05) is 24.0 Å². The Morgan fingerprint density at radius 1 is 1.04 bits per heavy atom. The van der Waals surface area contributed by atoms with Gasteiger partial charge in [0.15, 0.2) is 5.82 Å². The minimum absolute atomic E-state index is 0.259. The fourth-order valence-electron chi connectivity index (χ4n) is 3.05. The Bertz CT molecular complexity index is 743. The monoisotopic (exact) mass is 320 g/mol. The van der Waals surface area contributed by atoms with E-state index in [2.05, 4.69) is 40.9 Å². The normalized spacial score (nSPS) is 20.6. The molecule has 0 aliphatic heterocycles. The molecule has 1 aliphatic carbocycles. The molecule has 0 amide bonds. The number of benzene rings is 1. The predicted molar refractivity (Wildman–Crippen MR) is 94.6 cm³/mol. The molecule has 1 aliphatic rings. The molecule has 1 aromatic carbocycles. The molecule has 1 fully saturated rings. The van der Waals surface area contributed by atoms with Gasteiger partial charge in [0.2, 0.25) is 0 Å². The van der Waals surface area contributed by atoms with Gasteiger partial charge in [0.05, 0.1) is 5.56 Å². The minimum atomic E-state index is -0.259. The lowest BCUT2D eigenvalue weighted by Crippen LogP contribution is -2.11. The van der Waals surface area contributed by atoms with Crippen LogP contribution in [0.2, 0.25) is 0 Å². The summed E-state index contributed by atoms with van der Waals surface area (Å²) in [6, 6.07) is 6.19. The highest BCUT2D eigenvalue weighted by Gasteiger charge is 2.17. The van der Waals surface area contributed by atoms with Gasteiger partial charge in [-0.3, -0.25) is 0 Å². The van der Waals surface area contributed by atoms with Gasteiger partial charge >= 0.3 is 0 Å². The van der Waals surface area contributed by atoms with E-state index in [4.69, 9.17) is 0 Å². The molecule has 3 heteroatoms. The fraction of sp³-hybridized carbons (Fsp3) is 0.333. The summed E-state index contributed by atoms with van der Waals surface area (Å²) in [6.45, 7) is 2.08. The van der Waals surface area contributed by atoms with Crippen molar-refractivity contribution in [2.45, 2.75) is 32.6 Å². The van der Waals surface area contributed by atoms with Crippen LogP contribution in [0.1, 0.15) is 38.2 Å². The lowest BCUT2D eigenvalue weighted by atomic mass is 9.82. The summed E-state index contributed by atoms with van der Waals surface area (Å²) in [5.41, 5.74) is 1.63. The van der Waals surface area contributed by atoms with Crippen LogP contribution in [0.3, 0.4) is 0 Å². The molecule has 24 heavy (non-hydrogen) atoms. The molecule has 0 unspecified atom stereocenters. The molecular weight excluding hydrogens is 299 g/mol. The molecule has 2 nitrogen and oxygen atoms in total. The number of hydrogen-bond acceptors (Lipinski definition) is 2. The van der Waals surface area contributed by atoms with Crippen LogP contribution in [0.25, 0.3) is 11.4 Å². The highest BCUT2D eigenvalue weighted by atomic mass is 19.1. The van der Waals surface area contributed by atoms with Crippen molar-refractivity contribution in [1.82, 2.24) is 9.97 Å². The summed E-state index contributed by atoms with van der Waals surface area (Å²) in [4.78, 5) is 8.67. The van der Waals surface area contributed by atoms with Gasteiger partial charge in [0.1, 0.15) is 5.82 Å². The van der Waals surface area contributed by atoms with Gasteiger partial charge in [-0.25, -0.2) is 14.4 Å². The lowest BCUT2D eigenvalue weighted by molar-refractivity contribution is 0.364. The molecule has 122 valence electrons. The van der Waals surface area contributed by atoms with E-state index in [1.54, 1.807) is 24.5 Å². The van der Waals surface area contributed by atoms with Crippen molar-refractivity contribution < 1.29 is 4.39 Å². The van der Waals surface area contributed by atoms with Crippen molar-refractivity contribution in [2.24, 2.45) is 11.8 Å². The second-order valence-electron chi connectivity index (χ2n) is 6.21. The smallest absolute Gasteiger partial charge is 0.159 e. The topological polar surface area (TPSA) is 25.8 Å². The van der Waals surface area contributed by atoms with Crippen LogP contribution >= 0.6 is 0 Å². The maximum Gasteiger partial charge on any atom is 0.159 e. The Morgan fingerprint density at radius 2 is 1.71 bits per heavy atom. The maximum atomic E-state index is 12.9. The van der Waals surface area contributed by atoms with Crippen molar-refractivity contribution in [1.29, 1.82) is 0 Å². The number of hydrogen-bond donors (Lipinski definition) is 0. The second kappa shape index (κ2) is 7.88. The van der Waals surface area contributed by atoms with E-state index in [0.29, 0.717) is 11.7 Å². The van der Waals surface area contributed by atoms with Gasteiger partial charge < -0.3 is 0 Å². The molecule has 0 bridgehead atoms. The fourth-order valence-corrected chi connectivity index (χ4v) is 3.05. The molecule has 2 aromatic rings. The van der Waals surface area contributed by atoms with Gasteiger partial charge in [-0.05, 0) is 62.8 Å². The number of allylic oxidation sites excluding steroid dienone is 2. The number of nitrogens with zero attached hydrogens (tertiary/aromatic N) is 2. The Hall–Kier alpha value is -2.47. The van der Waals surface area contributed by atoms with Crippen molar-refractivity contribution in [3.05, 3.63) is 60.2 Å². The van der Waals surface area contributed by atoms with Gasteiger partial charge in [0, 0.05) is 23.9 Å².